The van der Waals surface area contributed by atoms with E-state index in [2.05, 4.69) is 9.47 Å². The van der Waals surface area contributed by atoms with Gasteiger partial charge in [-0.15, -0.1) is 0 Å². The fourth-order valence-electron chi connectivity index (χ4n) is 2.92. The minimum atomic E-state index is -4.41. The Balaban J connectivity index is 0. The lowest BCUT2D eigenvalue weighted by molar-refractivity contribution is -0.121. The zero-order valence-electron chi connectivity index (χ0n) is 25.0. The summed E-state index contributed by atoms with van der Waals surface area (Å²) in [5.74, 6) is -0.622. The lowest BCUT2D eigenvalue weighted by Gasteiger charge is -2.26. The van der Waals surface area contributed by atoms with E-state index in [1.165, 1.54) is 12.3 Å². The first kappa shape index (κ1) is 40.4. The zero-order chi connectivity index (χ0) is 32.0. The maximum atomic E-state index is 13.0. The molecule has 3 unspecified atom stereocenters. The van der Waals surface area contributed by atoms with E-state index in [0.717, 1.165) is 0 Å². The summed E-state index contributed by atoms with van der Waals surface area (Å²) in [5.41, 5.74) is 0. The second kappa shape index (κ2) is 22.9. The van der Waals surface area contributed by atoms with Gasteiger partial charge in [-0.25, -0.2) is 23.2 Å². The van der Waals surface area contributed by atoms with Crippen molar-refractivity contribution in [1.82, 2.24) is 10.2 Å². The molecule has 3 atom stereocenters. The summed E-state index contributed by atoms with van der Waals surface area (Å²) in [7, 11) is -2.23. The number of hydrogen-bond donors (Lipinski definition) is 1. The van der Waals surface area contributed by atoms with Gasteiger partial charge in [0, 0.05) is 25.2 Å². The molecule has 17 heteroatoms. The largest absolute Gasteiger partial charge is 0.510 e. The number of nitrogens with one attached hydrogen (secondary N) is 1. The number of alkyl halides is 1. The van der Waals surface area contributed by atoms with Crippen molar-refractivity contribution in [3.8, 4) is 0 Å². The van der Waals surface area contributed by atoms with Crippen LogP contribution in [-0.2, 0) is 51.4 Å². The maximum absolute atomic E-state index is 13.0. The highest BCUT2D eigenvalue weighted by atomic mass is 31.2. The van der Waals surface area contributed by atoms with E-state index in [0.29, 0.717) is 13.6 Å². The normalized spacial score (nSPS) is 18.0. The molecule has 41 heavy (non-hydrogen) atoms. The highest BCUT2D eigenvalue weighted by Gasteiger charge is 2.37. The van der Waals surface area contributed by atoms with Gasteiger partial charge in [0.05, 0.1) is 32.1 Å². The Morgan fingerprint density at radius 3 is 1.93 bits per heavy atom. The Morgan fingerprint density at radius 1 is 1.00 bits per heavy atom. The molecule has 0 bridgehead atoms. The Bertz CT molecular complexity index is 812. The van der Waals surface area contributed by atoms with Gasteiger partial charge in [-0.2, -0.15) is 0 Å². The number of ether oxygens (including phenoxy) is 5. The van der Waals surface area contributed by atoms with E-state index in [9.17, 15) is 28.1 Å². The number of phosphoric ester groups is 1. The number of halogens is 1. The second-order valence-corrected chi connectivity index (χ2v) is 10.00. The van der Waals surface area contributed by atoms with Gasteiger partial charge in [0.2, 0.25) is 20.0 Å². The summed E-state index contributed by atoms with van der Waals surface area (Å²) < 4.78 is 62.7. The molecule has 0 radical (unpaired) electrons. The number of carbonyl (C=O) groups is 4. The first-order valence-electron chi connectivity index (χ1n) is 12.7. The summed E-state index contributed by atoms with van der Waals surface area (Å²) >= 11 is 0. The van der Waals surface area contributed by atoms with Gasteiger partial charge in [0.25, 0.3) is 5.91 Å². The smallest absolute Gasteiger partial charge is 0.432 e. The van der Waals surface area contributed by atoms with Crippen LogP contribution >= 0.6 is 7.82 Å². The standard InChI is InChI=1S/C21H35N2O13P.C2H6.CH3F/c1-14(2)34-20(26)29-12-32-37(28,33-13-30-21(27)35-15(3)4)31-10-17-9-16(5)19(36-17)23(6)8-7-18(25)22-11-24;2*1-2/h7-8,11,14-17,19H,9-10,12-13H2,1-6H3,(H,22,24,25);1-2H3;1H3/b8-7-;;. The van der Waals surface area contributed by atoms with Crippen molar-refractivity contribution in [3.05, 3.63) is 12.3 Å². The molecule has 0 aliphatic carbocycles. The Labute approximate surface area is 240 Å². The van der Waals surface area contributed by atoms with Crippen molar-refractivity contribution < 1.29 is 65.4 Å². The topological polar surface area (TPSA) is 174 Å². The van der Waals surface area contributed by atoms with Gasteiger partial charge in [-0.1, -0.05) is 20.8 Å². The summed E-state index contributed by atoms with van der Waals surface area (Å²) in [6.07, 6.45) is -0.675. The number of imide groups is 1. The lowest BCUT2D eigenvalue weighted by Crippen LogP contribution is -2.32. The van der Waals surface area contributed by atoms with Gasteiger partial charge in [-0.05, 0) is 34.1 Å². The number of rotatable bonds is 15. The zero-order valence-corrected chi connectivity index (χ0v) is 25.9. The van der Waals surface area contributed by atoms with Crippen LogP contribution in [0.25, 0.3) is 0 Å². The molecule has 1 saturated heterocycles. The first-order valence-corrected chi connectivity index (χ1v) is 14.2. The van der Waals surface area contributed by atoms with E-state index in [1.807, 2.05) is 26.1 Å². The molecule has 0 aromatic rings. The van der Waals surface area contributed by atoms with Crippen molar-refractivity contribution in [2.75, 3.05) is 34.4 Å². The minimum Gasteiger partial charge on any atom is -0.432 e. The molecular weight excluding hydrogens is 574 g/mol. The third kappa shape index (κ3) is 19.1. The molecule has 1 heterocycles. The van der Waals surface area contributed by atoms with Crippen LogP contribution in [0.4, 0.5) is 14.0 Å². The SMILES string of the molecule is CC.CC(C)OC(=O)OCOP(=O)(OCOC(=O)OC(C)C)OCC1CC(C)C(N(C)/C=C\C(=O)NC=O)O1.CF. The average Bonchev–Trinajstić information content (AvgIpc) is 3.28. The fourth-order valence-corrected chi connectivity index (χ4v) is 3.85. The van der Waals surface area contributed by atoms with Crippen LogP contribution in [0.3, 0.4) is 0 Å². The third-order valence-corrected chi connectivity index (χ3v) is 5.68. The molecule has 240 valence electrons. The van der Waals surface area contributed by atoms with Crippen molar-refractivity contribution in [3.63, 3.8) is 0 Å². The second-order valence-electron chi connectivity index (χ2n) is 8.33. The van der Waals surface area contributed by atoms with Crippen LogP contribution in [0, 0.1) is 5.92 Å². The van der Waals surface area contributed by atoms with Gasteiger partial charge < -0.3 is 28.6 Å². The van der Waals surface area contributed by atoms with E-state index < -0.39 is 64.2 Å². The van der Waals surface area contributed by atoms with Crippen LogP contribution in [0.15, 0.2) is 12.3 Å². The van der Waals surface area contributed by atoms with Crippen molar-refractivity contribution in [2.45, 2.75) is 79.4 Å². The number of amides is 2. The minimum absolute atomic E-state index is 0.0260. The molecule has 1 N–H and O–H groups in total. The van der Waals surface area contributed by atoms with Crippen LogP contribution in [0.5, 0.6) is 0 Å². The van der Waals surface area contributed by atoms with Gasteiger partial charge in [0.1, 0.15) is 6.23 Å². The van der Waals surface area contributed by atoms with E-state index >= 15 is 0 Å². The Kier molecular flexibility index (Phi) is 22.5. The fraction of sp³-hybridized carbons (Fsp3) is 0.750. The highest BCUT2D eigenvalue weighted by molar-refractivity contribution is 7.48. The summed E-state index contributed by atoms with van der Waals surface area (Å²) in [5, 5.41) is 1.98. The third-order valence-electron chi connectivity index (χ3n) is 4.37. The Hall–Kier alpha value is -2.78. The molecule has 1 aliphatic rings. The summed E-state index contributed by atoms with van der Waals surface area (Å²) in [6.45, 7) is 10.4. The molecule has 15 nitrogen and oxygen atoms in total. The molecule has 0 aromatic carbocycles. The summed E-state index contributed by atoms with van der Waals surface area (Å²) in [4.78, 5) is 46.4. The molecular formula is C24H44FN2O13P. The first-order chi connectivity index (χ1) is 19.3. The predicted octanol–water partition coefficient (Wildman–Crippen LogP) is 4.26. The van der Waals surface area contributed by atoms with Crippen LogP contribution < -0.4 is 5.32 Å². The monoisotopic (exact) mass is 618 g/mol. The maximum Gasteiger partial charge on any atom is 0.510 e. The quantitative estimate of drug-likeness (QED) is 0.0906. The van der Waals surface area contributed by atoms with Crippen molar-refractivity contribution >= 4 is 32.5 Å². The predicted molar refractivity (Wildman–Crippen MR) is 143 cm³/mol. The number of hydrogen-bond acceptors (Lipinski definition) is 14. The molecule has 1 aliphatic heterocycles. The van der Waals surface area contributed by atoms with Crippen LogP contribution in [0.1, 0.15) is 54.9 Å². The van der Waals surface area contributed by atoms with Crippen molar-refractivity contribution in [1.29, 1.82) is 0 Å². The molecule has 0 aromatic heterocycles. The molecule has 0 spiro atoms. The number of nitrogens with zero attached hydrogens (tertiary/aromatic N) is 1. The molecule has 2 amide bonds. The summed E-state index contributed by atoms with van der Waals surface area (Å²) in [6, 6.07) is 0. The molecule has 1 fully saturated rings. The van der Waals surface area contributed by atoms with E-state index in [1.54, 1.807) is 39.6 Å². The average molecular weight is 619 g/mol. The Morgan fingerprint density at radius 2 is 1.49 bits per heavy atom. The van der Waals surface area contributed by atoms with Gasteiger partial charge in [-0.3, -0.25) is 23.8 Å². The molecule has 1 rings (SSSR count). The number of carbonyl (C=O) groups excluding carboxylic acids is 4. The van der Waals surface area contributed by atoms with Crippen LogP contribution in [-0.4, -0.2) is 88.5 Å². The van der Waals surface area contributed by atoms with Crippen LogP contribution in [0.2, 0.25) is 0 Å². The number of phosphoric acid groups is 1. The highest BCUT2D eigenvalue weighted by Crippen LogP contribution is 2.50. The van der Waals surface area contributed by atoms with E-state index in [-0.39, 0.29) is 18.9 Å². The van der Waals surface area contributed by atoms with Gasteiger partial charge in [0.15, 0.2) is 0 Å². The van der Waals surface area contributed by atoms with Crippen molar-refractivity contribution in [2.24, 2.45) is 5.92 Å². The molecule has 0 saturated carbocycles. The van der Waals surface area contributed by atoms with E-state index in [4.69, 9.17) is 27.8 Å². The van der Waals surface area contributed by atoms with Gasteiger partial charge >= 0.3 is 20.1 Å². The lowest BCUT2D eigenvalue weighted by atomic mass is 10.1.